The van der Waals surface area contributed by atoms with Gasteiger partial charge < -0.3 is 9.84 Å². The highest BCUT2D eigenvalue weighted by atomic mass is 79.9. The van der Waals surface area contributed by atoms with Gasteiger partial charge in [0.25, 0.3) is 0 Å². The number of rotatable bonds is 4. The van der Waals surface area contributed by atoms with Gasteiger partial charge in [-0.3, -0.25) is 0 Å². The number of thiophene rings is 1. The van der Waals surface area contributed by atoms with Crippen molar-refractivity contribution in [2.75, 3.05) is 0 Å². The first-order valence-electron chi connectivity index (χ1n) is 6.27. The second kappa shape index (κ2) is 5.87. The Kier molecular flexibility index (Phi) is 3.94. The fraction of sp³-hybridized carbons (Fsp3) is 0.0625. The van der Waals surface area contributed by atoms with Crippen molar-refractivity contribution in [3.8, 4) is 5.75 Å². The average Bonchev–Trinajstić information content (AvgIpc) is 2.96. The number of carbonyl (C=O) groups is 1. The normalized spacial score (nSPS) is 10.7. The highest BCUT2D eigenvalue weighted by Crippen LogP contribution is 2.33. The maximum atomic E-state index is 10.9. The first kappa shape index (κ1) is 14.1. The summed E-state index contributed by atoms with van der Waals surface area (Å²) in [6.07, 6.45) is 0. The summed E-state index contributed by atoms with van der Waals surface area (Å²) in [5.41, 5.74) is 0. The maximum absolute atomic E-state index is 10.9. The molecule has 0 amide bonds. The first-order valence-corrected chi connectivity index (χ1v) is 7.88. The zero-order valence-electron chi connectivity index (χ0n) is 10.9. The van der Waals surface area contributed by atoms with Gasteiger partial charge in [0.1, 0.15) is 17.2 Å². The van der Waals surface area contributed by atoms with Crippen molar-refractivity contribution >= 4 is 44.0 Å². The standard InChI is InChI=1S/C16H11BrO3S/c17-15-12-4-2-1-3-10(12)5-7-13(15)20-9-11-6-8-14(21-11)16(18)19/h1-8H,9H2,(H,18,19). The van der Waals surface area contributed by atoms with Crippen molar-refractivity contribution in [1.82, 2.24) is 0 Å². The third-order valence-corrected chi connectivity index (χ3v) is 4.93. The van der Waals surface area contributed by atoms with Crippen molar-refractivity contribution < 1.29 is 14.6 Å². The van der Waals surface area contributed by atoms with Crippen LogP contribution in [0.2, 0.25) is 0 Å². The molecule has 0 aliphatic heterocycles. The van der Waals surface area contributed by atoms with Crippen molar-refractivity contribution in [3.05, 3.63) is 62.8 Å². The minimum atomic E-state index is -0.905. The molecule has 0 saturated heterocycles. The van der Waals surface area contributed by atoms with Gasteiger partial charge in [-0.25, -0.2) is 4.79 Å². The molecule has 0 aliphatic carbocycles. The molecule has 0 radical (unpaired) electrons. The van der Waals surface area contributed by atoms with E-state index in [0.717, 1.165) is 25.9 Å². The summed E-state index contributed by atoms with van der Waals surface area (Å²) < 4.78 is 6.71. The van der Waals surface area contributed by atoms with E-state index in [2.05, 4.69) is 15.9 Å². The highest BCUT2D eigenvalue weighted by Gasteiger charge is 2.09. The monoisotopic (exact) mass is 362 g/mol. The van der Waals surface area contributed by atoms with Crippen molar-refractivity contribution in [1.29, 1.82) is 0 Å². The van der Waals surface area contributed by atoms with Gasteiger partial charge in [0.05, 0.1) is 4.47 Å². The molecule has 1 heterocycles. The summed E-state index contributed by atoms with van der Waals surface area (Å²) in [5, 5.41) is 11.1. The molecule has 3 aromatic rings. The molecular formula is C16H11BrO3S. The number of halogens is 1. The van der Waals surface area contributed by atoms with Gasteiger partial charge in [0.2, 0.25) is 0 Å². The molecule has 0 saturated carbocycles. The highest BCUT2D eigenvalue weighted by molar-refractivity contribution is 9.10. The Morgan fingerprint density at radius 2 is 1.95 bits per heavy atom. The summed E-state index contributed by atoms with van der Waals surface area (Å²) in [5.74, 6) is -0.155. The predicted molar refractivity (Wildman–Crippen MR) is 87.3 cm³/mol. The Morgan fingerprint density at radius 3 is 2.71 bits per heavy atom. The van der Waals surface area contributed by atoms with Crippen LogP contribution in [-0.4, -0.2) is 11.1 Å². The lowest BCUT2D eigenvalue weighted by atomic mass is 10.1. The van der Waals surface area contributed by atoms with Crippen molar-refractivity contribution in [2.45, 2.75) is 6.61 Å². The van der Waals surface area contributed by atoms with Crippen LogP contribution in [0.3, 0.4) is 0 Å². The molecule has 0 bridgehead atoms. The third kappa shape index (κ3) is 2.94. The molecule has 0 spiro atoms. The number of aromatic carboxylic acids is 1. The van der Waals surface area contributed by atoms with Crippen molar-refractivity contribution in [3.63, 3.8) is 0 Å². The lowest BCUT2D eigenvalue weighted by Gasteiger charge is -2.09. The zero-order chi connectivity index (χ0) is 14.8. The van der Waals surface area contributed by atoms with E-state index in [-0.39, 0.29) is 0 Å². The molecule has 5 heteroatoms. The first-order chi connectivity index (χ1) is 10.1. The van der Waals surface area contributed by atoms with Crippen LogP contribution in [0.15, 0.2) is 53.0 Å². The van der Waals surface area contributed by atoms with Gasteiger partial charge in [-0.15, -0.1) is 11.3 Å². The lowest BCUT2D eigenvalue weighted by molar-refractivity contribution is 0.0702. The summed E-state index contributed by atoms with van der Waals surface area (Å²) in [4.78, 5) is 12.1. The van der Waals surface area contributed by atoms with E-state index in [1.54, 1.807) is 12.1 Å². The fourth-order valence-corrected chi connectivity index (χ4v) is 3.41. The van der Waals surface area contributed by atoms with Crippen LogP contribution in [0.1, 0.15) is 14.5 Å². The molecule has 1 N–H and O–H groups in total. The molecule has 2 aromatic carbocycles. The molecule has 0 unspecified atom stereocenters. The van der Waals surface area contributed by atoms with Crippen LogP contribution >= 0.6 is 27.3 Å². The number of carboxylic acid groups (broad SMARTS) is 1. The Hall–Kier alpha value is -1.85. The predicted octanol–water partition coefficient (Wildman–Crippen LogP) is 4.94. The zero-order valence-corrected chi connectivity index (χ0v) is 13.3. The van der Waals surface area contributed by atoms with Crippen LogP contribution in [0, 0.1) is 0 Å². The van der Waals surface area contributed by atoms with E-state index < -0.39 is 5.97 Å². The largest absolute Gasteiger partial charge is 0.487 e. The van der Waals surface area contributed by atoms with Crippen LogP contribution in [0.25, 0.3) is 10.8 Å². The van der Waals surface area contributed by atoms with Crippen LogP contribution in [0.5, 0.6) is 5.75 Å². The molecular weight excluding hydrogens is 352 g/mol. The van der Waals surface area contributed by atoms with E-state index in [9.17, 15) is 4.79 Å². The van der Waals surface area contributed by atoms with E-state index in [4.69, 9.17) is 9.84 Å². The number of fused-ring (bicyclic) bond motifs is 1. The van der Waals surface area contributed by atoms with E-state index in [0.29, 0.717) is 11.5 Å². The van der Waals surface area contributed by atoms with Crippen LogP contribution < -0.4 is 4.74 Å². The summed E-state index contributed by atoms with van der Waals surface area (Å²) in [6, 6.07) is 15.3. The second-order valence-corrected chi connectivity index (χ2v) is 6.42. The van der Waals surface area contributed by atoms with Gasteiger partial charge >= 0.3 is 5.97 Å². The Balaban J connectivity index is 1.81. The molecule has 1 aromatic heterocycles. The molecule has 0 aliphatic rings. The number of benzene rings is 2. The van der Waals surface area contributed by atoms with Gasteiger partial charge in [-0.05, 0) is 44.9 Å². The van der Waals surface area contributed by atoms with Crippen molar-refractivity contribution in [2.24, 2.45) is 0 Å². The molecule has 3 rings (SSSR count). The second-order valence-electron chi connectivity index (χ2n) is 4.46. The van der Waals surface area contributed by atoms with E-state index in [1.807, 2.05) is 36.4 Å². The quantitative estimate of drug-likeness (QED) is 0.714. The molecule has 0 fully saturated rings. The molecule has 106 valence electrons. The SMILES string of the molecule is O=C(O)c1ccc(COc2ccc3ccccc3c2Br)s1. The van der Waals surface area contributed by atoms with E-state index >= 15 is 0 Å². The average molecular weight is 363 g/mol. The van der Waals surface area contributed by atoms with Gasteiger partial charge in [0, 0.05) is 4.88 Å². The Labute approximate surface area is 133 Å². The van der Waals surface area contributed by atoms with Gasteiger partial charge in [-0.2, -0.15) is 0 Å². The summed E-state index contributed by atoms with van der Waals surface area (Å²) in [6.45, 7) is 0.356. The number of carboxylic acids is 1. The molecule has 3 nitrogen and oxygen atoms in total. The number of hydrogen-bond donors (Lipinski definition) is 1. The Bertz CT molecular complexity index is 810. The fourth-order valence-electron chi connectivity index (χ4n) is 2.04. The summed E-state index contributed by atoms with van der Waals surface area (Å²) in [7, 11) is 0. The summed E-state index contributed by atoms with van der Waals surface area (Å²) >= 11 is 4.80. The number of ether oxygens (including phenoxy) is 1. The third-order valence-electron chi connectivity index (χ3n) is 3.07. The topological polar surface area (TPSA) is 46.5 Å². The van der Waals surface area contributed by atoms with Crippen LogP contribution in [0.4, 0.5) is 0 Å². The smallest absolute Gasteiger partial charge is 0.345 e. The Morgan fingerprint density at radius 1 is 1.14 bits per heavy atom. The minimum absolute atomic E-state index is 0.325. The van der Waals surface area contributed by atoms with E-state index in [1.165, 1.54) is 11.3 Å². The van der Waals surface area contributed by atoms with Gasteiger partial charge in [0.15, 0.2) is 0 Å². The minimum Gasteiger partial charge on any atom is -0.487 e. The van der Waals surface area contributed by atoms with Crippen LogP contribution in [-0.2, 0) is 6.61 Å². The van der Waals surface area contributed by atoms with Gasteiger partial charge in [-0.1, -0.05) is 30.3 Å². The number of hydrogen-bond acceptors (Lipinski definition) is 3. The maximum Gasteiger partial charge on any atom is 0.345 e. The molecule has 0 atom stereocenters. The lowest BCUT2D eigenvalue weighted by Crippen LogP contribution is -1.94. The molecule has 21 heavy (non-hydrogen) atoms.